The van der Waals surface area contributed by atoms with Crippen LogP contribution < -0.4 is 26.2 Å². The fourth-order valence-corrected chi connectivity index (χ4v) is 15.7. The Labute approximate surface area is 347 Å². The number of para-hydroxylation sites is 2. The third-order valence-corrected chi connectivity index (χ3v) is 17.5. The molecule has 0 radical (unpaired) electrons. The van der Waals surface area contributed by atoms with Gasteiger partial charge in [-0.3, -0.25) is 0 Å². The number of benzene rings is 7. The van der Waals surface area contributed by atoms with Crippen molar-refractivity contribution < 1.29 is 0 Å². The summed E-state index contributed by atoms with van der Waals surface area (Å²) in [6.07, 6.45) is 10.9. The molecule has 59 heavy (non-hydrogen) atoms. The molecule has 3 heteroatoms. The quantitative estimate of drug-likeness (QED) is 0.162. The average molecular weight is 757 g/mol. The standard InChI is InChI=1S/C56H45BN2/c1-2-11-38(12-3-1)58-48-18-9-8-17-47(48)57-53-49(58)19-10-20-50(53)59(39-27-28-45-42(32-39)40-13-4-7-16-44(40)56(45)35-23-24-36(56)26-25-35)51-30-29-46-52(54(51)57)41-14-5-6-15-43(41)55(46)33-34-21-22-37(55)31-34/h1-20,27-30,32,34-37H,21-26,31,33H2/t34?,35?,36?,37?,55-,56?/m0/s1. The first-order valence-electron chi connectivity index (χ1n) is 22.6. The van der Waals surface area contributed by atoms with Crippen molar-refractivity contribution in [2.45, 2.75) is 62.2 Å². The number of nitrogens with zero attached hydrogens (tertiary/aromatic N) is 2. The molecule has 3 atom stereocenters. The number of anilines is 6. The van der Waals surface area contributed by atoms with Crippen molar-refractivity contribution in [1.82, 2.24) is 0 Å². The van der Waals surface area contributed by atoms with E-state index < -0.39 is 0 Å². The number of fused-ring (bicyclic) bond motifs is 16. The summed E-state index contributed by atoms with van der Waals surface area (Å²) >= 11 is 0. The summed E-state index contributed by atoms with van der Waals surface area (Å²) in [7, 11) is 0. The van der Waals surface area contributed by atoms with Gasteiger partial charge in [0, 0.05) is 45.0 Å². The van der Waals surface area contributed by atoms with Gasteiger partial charge in [-0.1, -0.05) is 110 Å². The van der Waals surface area contributed by atoms with Crippen LogP contribution in [0, 0.1) is 23.7 Å². The highest BCUT2D eigenvalue weighted by Gasteiger charge is 2.61. The van der Waals surface area contributed by atoms with Crippen LogP contribution in [0.4, 0.5) is 34.1 Å². The minimum absolute atomic E-state index is 0.105. The Balaban J connectivity index is 1.04. The Morgan fingerprint density at radius 1 is 0.441 bits per heavy atom. The summed E-state index contributed by atoms with van der Waals surface area (Å²) in [5.74, 6) is 3.06. The van der Waals surface area contributed by atoms with Gasteiger partial charge < -0.3 is 9.80 Å². The molecule has 4 saturated carbocycles. The van der Waals surface area contributed by atoms with Gasteiger partial charge in [0.1, 0.15) is 0 Å². The molecule has 0 saturated heterocycles. The third-order valence-electron chi connectivity index (χ3n) is 17.5. The molecule has 0 N–H and O–H groups in total. The molecule has 0 aromatic heterocycles. The highest BCUT2D eigenvalue weighted by molar-refractivity contribution is 7.01. The normalized spacial score (nSPS) is 27.5. The van der Waals surface area contributed by atoms with Crippen molar-refractivity contribution in [2.75, 3.05) is 9.80 Å². The molecule has 7 aromatic carbocycles. The van der Waals surface area contributed by atoms with E-state index >= 15 is 0 Å². The van der Waals surface area contributed by atoms with Gasteiger partial charge in [-0.15, -0.1) is 0 Å². The van der Waals surface area contributed by atoms with Gasteiger partial charge in [0.2, 0.25) is 0 Å². The Morgan fingerprint density at radius 2 is 1.07 bits per heavy atom. The molecule has 4 bridgehead atoms. The molecule has 2 unspecified atom stereocenters. The van der Waals surface area contributed by atoms with Crippen LogP contribution in [0.3, 0.4) is 0 Å². The number of rotatable bonds is 2. The van der Waals surface area contributed by atoms with Gasteiger partial charge in [0.15, 0.2) is 0 Å². The molecule has 6 aliphatic carbocycles. The van der Waals surface area contributed by atoms with Crippen LogP contribution in [0.1, 0.15) is 73.6 Å². The minimum Gasteiger partial charge on any atom is -0.311 e. The second-order valence-electron chi connectivity index (χ2n) is 19.4. The van der Waals surface area contributed by atoms with Crippen LogP contribution in [-0.2, 0) is 10.8 Å². The summed E-state index contributed by atoms with van der Waals surface area (Å²) in [5, 5.41) is 0. The van der Waals surface area contributed by atoms with Crippen molar-refractivity contribution in [3.05, 3.63) is 174 Å². The highest BCUT2D eigenvalue weighted by Crippen LogP contribution is 2.69. The summed E-state index contributed by atoms with van der Waals surface area (Å²) in [6.45, 7) is 0.105. The monoisotopic (exact) mass is 756 g/mol. The number of hydrogen-bond donors (Lipinski definition) is 0. The Bertz CT molecular complexity index is 2960. The molecular formula is C56H45BN2. The van der Waals surface area contributed by atoms with E-state index in [4.69, 9.17) is 0 Å². The van der Waals surface area contributed by atoms with Crippen molar-refractivity contribution in [1.29, 1.82) is 0 Å². The van der Waals surface area contributed by atoms with Crippen LogP contribution in [-0.4, -0.2) is 6.71 Å². The van der Waals surface area contributed by atoms with E-state index in [-0.39, 0.29) is 17.5 Å². The van der Waals surface area contributed by atoms with Crippen LogP contribution in [0.5, 0.6) is 0 Å². The SMILES string of the molecule is c1ccc(N2c3ccccc3B3c4c2cccc4N(c2ccc4c(c2)-c2ccccc2C42C4CCC2CC4)c2ccc4c(c23)-c2ccccc2[C@@]42CC3CCC2C3)cc1. The van der Waals surface area contributed by atoms with Crippen LogP contribution in [0.25, 0.3) is 22.3 Å². The van der Waals surface area contributed by atoms with Crippen LogP contribution >= 0.6 is 0 Å². The molecule has 2 aliphatic heterocycles. The number of hydrogen-bond acceptors (Lipinski definition) is 2. The molecular weight excluding hydrogens is 711 g/mol. The third kappa shape index (κ3) is 3.68. The Hall–Kier alpha value is -5.80. The zero-order chi connectivity index (χ0) is 38.2. The van der Waals surface area contributed by atoms with E-state index in [1.807, 2.05) is 0 Å². The first-order valence-corrected chi connectivity index (χ1v) is 22.6. The van der Waals surface area contributed by atoms with Crippen molar-refractivity contribution in [3.8, 4) is 22.3 Å². The summed E-state index contributed by atoms with van der Waals surface area (Å²) in [5.41, 5.74) is 24.7. The Kier molecular flexibility index (Phi) is 6.02. The molecule has 282 valence electrons. The van der Waals surface area contributed by atoms with Gasteiger partial charge in [0.05, 0.1) is 0 Å². The lowest BCUT2D eigenvalue weighted by Gasteiger charge is -2.45. The first-order chi connectivity index (χ1) is 29.2. The summed E-state index contributed by atoms with van der Waals surface area (Å²) in [4.78, 5) is 5.23. The van der Waals surface area contributed by atoms with E-state index in [0.29, 0.717) is 0 Å². The van der Waals surface area contributed by atoms with Gasteiger partial charge in [0.25, 0.3) is 6.71 Å². The maximum Gasteiger partial charge on any atom is 0.252 e. The molecule has 8 aliphatic rings. The first kappa shape index (κ1) is 32.1. The maximum absolute atomic E-state index is 2.69. The van der Waals surface area contributed by atoms with Crippen molar-refractivity contribution in [2.24, 2.45) is 23.7 Å². The second-order valence-corrected chi connectivity index (χ2v) is 19.4. The van der Waals surface area contributed by atoms with Crippen LogP contribution in [0.15, 0.2) is 152 Å². The van der Waals surface area contributed by atoms with E-state index in [1.54, 1.807) is 22.3 Å². The molecule has 0 amide bonds. The highest BCUT2D eigenvalue weighted by atomic mass is 15.2. The van der Waals surface area contributed by atoms with Crippen LogP contribution in [0.2, 0.25) is 0 Å². The van der Waals surface area contributed by atoms with E-state index in [0.717, 1.165) is 23.7 Å². The predicted octanol–water partition coefficient (Wildman–Crippen LogP) is 11.9. The largest absolute Gasteiger partial charge is 0.311 e. The zero-order valence-electron chi connectivity index (χ0n) is 33.4. The smallest absolute Gasteiger partial charge is 0.252 e. The fraction of sp³-hybridized carbons (Fsp3) is 0.250. The van der Waals surface area contributed by atoms with Gasteiger partial charge in [-0.25, -0.2) is 0 Å². The van der Waals surface area contributed by atoms with E-state index in [2.05, 4.69) is 161 Å². The lowest BCUT2D eigenvalue weighted by molar-refractivity contribution is 0.327. The van der Waals surface area contributed by atoms with Gasteiger partial charge in [-0.2, -0.15) is 0 Å². The van der Waals surface area contributed by atoms with Crippen molar-refractivity contribution >= 4 is 57.2 Å². The maximum atomic E-state index is 2.69. The lowest BCUT2D eigenvalue weighted by atomic mass is 9.32. The Morgan fingerprint density at radius 3 is 1.85 bits per heavy atom. The topological polar surface area (TPSA) is 6.48 Å². The minimum atomic E-state index is 0.105. The van der Waals surface area contributed by atoms with E-state index in [1.165, 1.54) is 124 Å². The van der Waals surface area contributed by atoms with Gasteiger partial charge in [-0.05, 0) is 178 Å². The second kappa shape index (κ2) is 11.1. The predicted molar refractivity (Wildman–Crippen MR) is 244 cm³/mol. The molecule has 7 aromatic rings. The van der Waals surface area contributed by atoms with Gasteiger partial charge >= 0.3 is 0 Å². The summed E-state index contributed by atoms with van der Waals surface area (Å²) in [6, 6.07) is 59.5. The summed E-state index contributed by atoms with van der Waals surface area (Å²) < 4.78 is 0. The fourth-order valence-electron chi connectivity index (χ4n) is 15.7. The average Bonchev–Trinajstić information content (AvgIpc) is 4.16. The molecule has 4 fully saturated rings. The molecule has 2 heterocycles. The lowest BCUT2D eigenvalue weighted by Crippen LogP contribution is -2.62. The molecule has 2 spiro atoms. The van der Waals surface area contributed by atoms with Crippen molar-refractivity contribution in [3.63, 3.8) is 0 Å². The molecule has 2 nitrogen and oxygen atoms in total. The van der Waals surface area contributed by atoms with E-state index in [9.17, 15) is 0 Å². The molecule has 15 rings (SSSR count). The zero-order valence-corrected chi connectivity index (χ0v) is 33.4.